The fraction of sp³-hybridized carbons (Fsp3) is 0.429. The zero-order valence-electron chi connectivity index (χ0n) is 5.30. The lowest BCUT2D eigenvalue weighted by molar-refractivity contribution is 1.21. The van der Waals surface area contributed by atoms with Crippen LogP contribution in [0.25, 0.3) is 0 Å². The third-order valence-electron chi connectivity index (χ3n) is 0.773. The summed E-state index contributed by atoms with van der Waals surface area (Å²) in [4.78, 5) is 0. The Morgan fingerprint density at radius 1 is 1.38 bits per heavy atom. The monoisotopic (exact) mass is 106 g/mol. The summed E-state index contributed by atoms with van der Waals surface area (Å²) in [5.41, 5.74) is 0. The van der Waals surface area contributed by atoms with Crippen LogP contribution in [0.3, 0.4) is 0 Å². The van der Waals surface area contributed by atoms with Crippen molar-refractivity contribution in [1.82, 2.24) is 0 Å². The molecule has 2 radical (unpaired) electrons. The summed E-state index contributed by atoms with van der Waals surface area (Å²) in [7, 11) is 5.24. The Morgan fingerprint density at radius 2 is 2.12 bits per heavy atom. The van der Waals surface area contributed by atoms with Gasteiger partial charge >= 0.3 is 0 Å². The predicted octanol–water partition coefficient (Wildman–Crippen LogP) is 2.10. The predicted molar refractivity (Wildman–Crippen MR) is 39.1 cm³/mol. The third kappa shape index (κ3) is 5.54. The van der Waals surface area contributed by atoms with Gasteiger partial charge in [-0.2, -0.15) is 0 Å². The molecule has 0 bridgehead atoms. The zero-order chi connectivity index (χ0) is 6.24. The van der Waals surface area contributed by atoms with Gasteiger partial charge in [0.2, 0.25) is 0 Å². The highest BCUT2D eigenvalue weighted by Crippen LogP contribution is 1.86. The number of hydrogen-bond donors (Lipinski definition) is 0. The van der Waals surface area contributed by atoms with Crippen molar-refractivity contribution in [2.24, 2.45) is 0 Å². The Balaban J connectivity index is 3.07. The topological polar surface area (TPSA) is 0 Å². The molecule has 0 aromatic carbocycles. The summed E-state index contributed by atoms with van der Waals surface area (Å²) in [6.07, 6.45) is 9.77. The van der Waals surface area contributed by atoms with Crippen molar-refractivity contribution < 1.29 is 0 Å². The van der Waals surface area contributed by atoms with E-state index in [9.17, 15) is 0 Å². The molecule has 0 aliphatic rings. The van der Waals surface area contributed by atoms with Crippen molar-refractivity contribution >= 4 is 7.85 Å². The molecule has 0 spiro atoms. The van der Waals surface area contributed by atoms with Crippen LogP contribution < -0.4 is 0 Å². The van der Waals surface area contributed by atoms with Gasteiger partial charge in [0.15, 0.2) is 0 Å². The summed E-state index contributed by atoms with van der Waals surface area (Å²) in [6, 6.07) is 0. The second-order valence-electron chi connectivity index (χ2n) is 1.53. The Kier molecular flexibility index (Phi) is 6.17. The minimum atomic E-state index is 0.744. The highest BCUT2D eigenvalue weighted by atomic mass is 13.7. The Labute approximate surface area is 52.7 Å². The van der Waals surface area contributed by atoms with Gasteiger partial charge in [-0.25, -0.2) is 0 Å². The van der Waals surface area contributed by atoms with Crippen LogP contribution in [0.1, 0.15) is 13.3 Å². The molecular weight excluding hydrogens is 94.9 g/mol. The van der Waals surface area contributed by atoms with Crippen molar-refractivity contribution in [2.75, 3.05) is 0 Å². The Morgan fingerprint density at radius 3 is 2.62 bits per heavy atom. The Bertz CT molecular complexity index is 82.4. The molecule has 0 aromatic heterocycles. The molecule has 0 N–H and O–H groups in total. The summed E-state index contributed by atoms with van der Waals surface area (Å²) in [6.45, 7) is 1.99. The van der Waals surface area contributed by atoms with Gasteiger partial charge in [0.1, 0.15) is 0 Å². The molecule has 0 heterocycles. The molecule has 0 saturated carbocycles. The first-order valence-corrected chi connectivity index (χ1v) is 2.89. The molecule has 0 saturated heterocycles. The average Bonchev–Trinajstić information content (AvgIpc) is 1.81. The van der Waals surface area contributed by atoms with Crippen molar-refractivity contribution in [2.45, 2.75) is 19.7 Å². The van der Waals surface area contributed by atoms with E-state index in [0.29, 0.717) is 0 Å². The van der Waals surface area contributed by atoms with E-state index in [2.05, 4.69) is 6.08 Å². The quantitative estimate of drug-likeness (QED) is 0.381. The maximum absolute atomic E-state index is 5.24. The normalized spacial score (nSPS) is 11.6. The highest BCUT2D eigenvalue weighted by molar-refractivity contribution is 6.08. The summed E-state index contributed by atoms with van der Waals surface area (Å²) in [5.74, 6) is 0. The molecule has 0 aliphatic carbocycles. The number of hydrogen-bond acceptors (Lipinski definition) is 0. The maximum atomic E-state index is 5.24. The molecule has 0 aliphatic heterocycles. The summed E-state index contributed by atoms with van der Waals surface area (Å²) in [5, 5.41) is 0. The molecule has 0 amide bonds. The van der Waals surface area contributed by atoms with Crippen LogP contribution in [-0.4, -0.2) is 7.85 Å². The molecule has 1 heteroatoms. The second-order valence-corrected chi connectivity index (χ2v) is 1.53. The van der Waals surface area contributed by atoms with E-state index < -0.39 is 0 Å². The average molecular weight is 106 g/mol. The third-order valence-corrected chi connectivity index (χ3v) is 0.773. The van der Waals surface area contributed by atoms with Crippen LogP contribution in [0, 0.1) is 0 Å². The maximum Gasteiger partial charge on any atom is 0.0657 e. The SMILES string of the molecule is [B]CCC=CC=CC. The standard InChI is InChI=1S/C7H11B/c1-2-3-4-5-6-7-8/h2-5H,6-7H2,1H3. The van der Waals surface area contributed by atoms with Crippen LogP contribution in [-0.2, 0) is 0 Å². The fourth-order valence-electron chi connectivity index (χ4n) is 0.382. The summed E-state index contributed by atoms with van der Waals surface area (Å²) >= 11 is 0. The lowest BCUT2D eigenvalue weighted by Gasteiger charge is -1.78. The number of rotatable bonds is 3. The van der Waals surface area contributed by atoms with Gasteiger partial charge in [-0.05, 0) is 13.3 Å². The molecule has 0 aromatic rings. The smallest absolute Gasteiger partial charge is 0.0657 e. The van der Waals surface area contributed by atoms with Crippen LogP contribution >= 0.6 is 0 Å². The lowest BCUT2D eigenvalue weighted by Crippen LogP contribution is -1.61. The molecule has 0 nitrogen and oxygen atoms in total. The van der Waals surface area contributed by atoms with Crippen LogP contribution in [0.2, 0.25) is 6.32 Å². The van der Waals surface area contributed by atoms with Crippen molar-refractivity contribution in [3.8, 4) is 0 Å². The van der Waals surface area contributed by atoms with Gasteiger partial charge in [0, 0.05) is 0 Å². The van der Waals surface area contributed by atoms with Crippen LogP contribution in [0.5, 0.6) is 0 Å². The highest BCUT2D eigenvalue weighted by Gasteiger charge is 1.67. The molecule has 0 unspecified atom stereocenters. The minimum absolute atomic E-state index is 0.744. The molecule has 8 heavy (non-hydrogen) atoms. The van der Waals surface area contributed by atoms with Gasteiger partial charge in [-0.3, -0.25) is 0 Å². The van der Waals surface area contributed by atoms with E-state index >= 15 is 0 Å². The molecular formula is C7H11B. The molecule has 0 atom stereocenters. The largest absolute Gasteiger partial charge is 0.0877 e. The van der Waals surface area contributed by atoms with E-state index in [1.54, 1.807) is 0 Å². The van der Waals surface area contributed by atoms with E-state index in [-0.39, 0.29) is 0 Å². The zero-order valence-corrected chi connectivity index (χ0v) is 5.30. The second kappa shape index (κ2) is 6.54. The van der Waals surface area contributed by atoms with Gasteiger partial charge in [-0.15, -0.1) is 0 Å². The van der Waals surface area contributed by atoms with Crippen LogP contribution in [0.4, 0.5) is 0 Å². The first kappa shape index (κ1) is 7.54. The summed E-state index contributed by atoms with van der Waals surface area (Å²) < 4.78 is 0. The molecule has 42 valence electrons. The van der Waals surface area contributed by atoms with Gasteiger partial charge in [0.25, 0.3) is 0 Å². The van der Waals surface area contributed by atoms with Crippen LogP contribution in [0.15, 0.2) is 24.3 Å². The first-order chi connectivity index (χ1) is 3.91. The lowest BCUT2D eigenvalue weighted by atomic mass is 10.0. The van der Waals surface area contributed by atoms with E-state index in [1.165, 1.54) is 0 Å². The Hall–Kier alpha value is -0.455. The van der Waals surface area contributed by atoms with E-state index in [0.717, 1.165) is 12.7 Å². The first-order valence-electron chi connectivity index (χ1n) is 2.89. The van der Waals surface area contributed by atoms with Crippen molar-refractivity contribution in [3.63, 3.8) is 0 Å². The van der Waals surface area contributed by atoms with Crippen molar-refractivity contribution in [3.05, 3.63) is 24.3 Å². The minimum Gasteiger partial charge on any atom is -0.0877 e. The molecule has 0 rings (SSSR count). The van der Waals surface area contributed by atoms with E-state index in [4.69, 9.17) is 7.85 Å². The van der Waals surface area contributed by atoms with Gasteiger partial charge in [-0.1, -0.05) is 30.6 Å². The van der Waals surface area contributed by atoms with E-state index in [1.807, 2.05) is 25.2 Å². The fourth-order valence-corrected chi connectivity index (χ4v) is 0.382. The van der Waals surface area contributed by atoms with Gasteiger partial charge in [0.05, 0.1) is 7.85 Å². The van der Waals surface area contributed by atoms with Gasteiger partial charge < -0.3 is 0 Å². The molecule has 0 fully saturated rings. The van der Waals surface area contributed by atoms with Crippen molar-refractivity contribution in [1.29, 1.82) is 0 Å². The number of allylic oxidation sites excluding steroid dienone is 4.